The molecule has 2 rings (SSSR count). The number of guanidine groups is 1. The normalized spacial score (nSPS) is 16.8. The van der Waals surface area contributed by atoms with Gasteiger partial charge in [0.2, 0.25) is 0 Å². The van der Waals surface area contributed by atoms with Gasteiger partial charge in [0.25, 0.3) is 0 Å². The van der Waals surface area contributed by atoms with E-state index in [-0.39, 0.29) is 24.0 Å². The van der Waals surface area contributed by atoms with Crippen LogP contribution in [0.3, 0.4) is 0 Å². The van der Waals surface area contributed by atoms with E-state index in [1.54, 1.807) is 0 Å². The number of nitrogens with zero attached hydrogens (tertiary/aromatic N) is 2. The predicted molar refractivity (Wildman–Crippen MR) is 120 cm³/mol. The Kier molecular flexibility index (Phi) is 11.9. The highest BCUT2D eigenvalue weighted by molar-refractivity contribution is 14.0. The van der Waals surface area contributed by atoms with Crippen molar-refractivity contribution in [2.75, 3.05) is 39.9 Å². The van der Waals surface area contributed by atoms with Crippen LogP contribution in [0.15, 0.2) is 35.3 Å². The lowest BCUT2D eigenvalue weighted by Gasteiger charge is -2.39. The third-order valence-electron chi connectivity index (χ3n) is 5.11. The van der Waals surface area contributed by atoms with Crippen LogP contribution in [-0.4, -0.2) is 56.8 Å². The molecule has 1 aliphatic heterocycles. The highest BCUT2D eigenvalue weighted by atomic mass is 127. The molecule has 1 saturated heterocycles. The van der Waals surface area contributed by atoms with Gasteiger partial charge in [0, 0.05) is 39.3 Å². The van der Waals surface area contributed by atoms with Gasteiger partial charge in [0.15, 0.2) is 5.96 Å². The van der Waals surface area contributed by atoms with Crippen molar-refractivity contribution in [1.82, 2.24) is 15.5 Å². The molecule has 0 amide bonds. The first kappa shape index (κ1) is 23.2. The van der Waals surface area contributed by atoms with Crippen LogP contribution in [0.2, 0.25) is 0 Å². The van der Waals surface area contributed by atoms with Crippen LogP contribution < -0.4 is 10.6 Å². The molecule has 0 aliphatic carbocycles. The molecule has 26 heavy (non-hydrogen) atoms. The van der Waals surface area contributed by atoms with Gasteiger partial charge in [0.1, 0.15) is 0 Å². The highest BCUT2D eigenvalue weighted by Gasteiger charge is 2.26. The summed E-state index contributed by atoms with van der Waals surface area (Å²) in [5, 5.41) is 6.96. The van der Waals surface area contributed by atoms with Gasteiger partial charge in [0.05, 0.1) is 13.2 Å². The quantitative estimate of drug-likeness (QED) is 0.346. The van der Waals surface area contributed by atoms with E-state index in [0.717, 1.165) is 45.4 Å². The predicted octanol–water partition coefficient (Wildman–Crippen LogP) is 3.11. The van der Waals surface area contributed by atoms with Crippen LogP contribution in [0.5, 0.6) is 0 Å². The summed E-state index contributed by atoms with van der Waals surface area (Å²) in [6, 6.07) is 10.9. The zero-order valence-electron chi connectivity index (χ0n) is 16.4. The molecule has 1 unspecified atom stereocenters. The molecule has 2 N–H and O–H groups in total. The Bertz CT molecular complexity index is 502. The number of hydrogen-bond acceptors (Lipinski definition) is 3. The Morgan fingerprint density at radius 3 is 2.35 bits per heavy atom. The monoisotopic (exact) mass is 474 g/mol. The lowest BCUT2D eigenvalue weighted by Crippen LogP contribution is -2.53. The first-order chi connectivity index (χ1) is 12.3. The van der Waals surface area contributed by atoms with Gasteiger partial charge in [-0.15, -0.1) is 24.0 Å². The second-order valence-corrected chi connectivity index (χ2v) is 6.58. The molecule has 1 aromatic rings. The van der Waals surface area contributed by atoms with E-state index >= 15 is 0 Å². The molecule has 5 nitrogen and oxygen atoms in total. The second kappa shape index (κ2) is 13.3. The fraction of sp³-hybridized carbons (Fsp3) is 0.650. The van der Waals surface area contributed by atoms with Crippen molar-refractivity contribution in [1.29, 1.82) is 0 Å². The third-order valence-corrected chi connectivity index (χ3v) is 5.11. The number of morpholine rings is 1. The Labute approximate surface area is 176 Å². The molecule has 0 radical (unpaired) electrons. The summed E-state index contributed by atoms with van der Waals surface area (Å²) in [5.74, 6) is 1.56. The van der Waals surface area contributed by atoms with E-state index in [2.05, 4.69) is 58.6 Å². The minimum Gasteiger partial charge on any atom is -0.379 e. The van der Waals surface area contributed by atoms with Gasteiger partial charge in [-0.2, -0.15) is 0 Å². The first-order valence-corrected chi connectivity index (χ1v) is 9.58. The molecule has 1 fully saturated rings. The zero-order valence-corrected chi connectivity index (χ0v) is 18.7. The number of benzene rings is 1. The van der Waals surface area contributed by atoms with Crippen LogP contribution >= 0.6 is 24.0 Å². The van der Waals surface area contributed by atoms with Gasteiger partial charge in [-0.1, -0.05) is 57.0 Å². The summed E-state index contributed by atoms with van der Waals surface area (Å²) in [7, 11) is 1.83. The molecule has 0 aromatic heterocycles. The minimum absolute atomic E-state index is 0. The molecule has 1 aliphatic rings. The van der Waals surface area contributed by atoms with Gasteiger partial charge in [-0.3, -0.25) is 9.89 Å². The summed E-state index contributed by atoms with van der Waals surface area (Å²) in [4.78, 5) is 6.96. The molecule has 6 heteroatoms. The van der Waals surface area contributed by atoms with Crippen molar-refractivity contribution in [3.05, 3.63) is 35.9 Å². The largest absolute Gasteiger partial charge is 0.379 e. The lowest BCUT2D eigenvalue weighted by atomic mass is 9.92. The molecule has 0 spiro atoms. The fourth-order valence-corrected chi connectivity index (χ4v) is 3.54. The summed E-state index contributed by atoms with van der Waals surface area (Å²) in [6.45, 7) is 10.0. The van der Waals surface area contributed by atoms with Crippen LogP contribution in [0.25, 0.3) is 0 Å². The van der Waals surface area contributed by atoms with Crippen molar-refractivity contribution in [2.24, 2.45) is 10.9 Å². The second-order valence-electron chi connectivity index (χ2n) is 6.58. The molecular formula is C20H35IN4O. The van der Waals surface area contributed by atoms with E-state index in [0.29, 0.717) is 12.0 Å². The maximum atomic E-state index is 5.53. The van der Waals surface area contributed by atoms with E-state index in [1.165, 1.54) is 18.4 Å². The van der Waals surface area contributed by atoms with Crippen molar-refractivity contribution in [3.8, 4) is 0 Å². The molecule has 1 atom stereocenters. The number of ether oxygens (including phenoxy) is 1. The smallest absolute Gasteiger partial charge is 0.191 e. The summed E-state index contributed by atoms with van der Waals surface area (Å²) in [5.41, 5.74) is 1.26. The summed E-state index contributed by atoms with van der Waals surface area (Å²) < 4.78 is 5.53. The Morgan fingerprint density at radius 1 is 1.12 bits per heavy atom. The fourth-order valence-electron chi connectivity index (χ4n) is 3.54. The molecule has 0 saturated carbocycles. The Hall–Kier alpha value is -0.860. The average Bonchev–Trinajstić information content (AvgIpc) is 2.68. The van der Waals surface area contributed by atoms with Gasteiger partial charge in [-0.25, -0.2) is 0 Å². The number of nitrogens with one attached hydrogen (secondary N) is 2. The molecule has 0 bridgehead atoms. The first-order valence-electron chi connectivity index (χ1n) is 9.58. The molecular weight excluding hydrogens is 439 g/mol. The number of rotatable bonds is 8. The van der Waals surface area contributed by atoms with E-state index in [1.807, 2.05) is 13.1 Å². The number of hydrogen-bond donors (Lipinski definition) is 2. The summed E-state index contributed by atoms with van der Waals surface area (Å²) in [6.07, 6.45) is 2.41. The Morgan fingerprint density at radius 2 is 1.77 bits per heavy atom. The average molecular weight is 474 g/mol. The van der Waals surface area contributed by atoms with Crippen LogP contribution in [-0.2, 0) is 11.3 Å². The zero-order chi connectivity index (χ0) is 17.9. The van der Waals surface area contributed by atoms with E-state index in [4.69, 9.17) is 4.74 Å². The topological polar surface area (TPSA) is 48.9 Å². The maximum absolute atomic E-state index is 5.53. The highest BCUT2D eigenvalue weighted by Crippen LogP contribution is 2.19. The van der Waals surface area contributed by atoms with Crippen molar-refractivity contribution in [3.63, 3.8) is 0 Å². The van der Waals surface area contributed by atoms with Crippen LogP contribution in [0.1, 0.15) is 32.3 Å². The Balaban J connectivity index is 0.00000338. The minimum atomic E-state index is 0. The van der Waals surface area contributed by atoms with E-state index < -0.39 is 0 Å². The van der Waals surface area contributed by atoms with Gasteiger partial charge < -0.3 is 15.4 Å². The maximum Gasteiger partial charge on any atom is 0.191 e. The van der Waals surface area contributed by atoms with Crippen molar-refractivity contribution in [2.45, 2.75) is 39.3 Å². The van der Waals surface area contributed by atoms with Crippen LogP contribution in [0, 0.1) is 5.92 Å². The van der Waals surface area contributed by atoms with Crippen LogP contribution in [0.4, 0.5) is 0 Å². The molecule has 1 aromatic carbocycles. The SMILES string of the molecule is CCC(CC)C(CNC(=NC)NCc1ccccc1)N1CCOCC1.I. The molecule has 1 heterocycles. The van der Waals surface area contributed by atoms with E-state index in [9.17, 15) is 0 Å². The molecule has 148 valence electrons. The van der Waals surface area contributed by atoms with Crippen molar-refractivity contribution >= 4 is 29.9 Å². The number of halogens is 1. The third kappa shape index (κ3) is 7.40. The number of aliphatic imine (C=N–C) groups is 1. The lowest BCUT2D eigenvalue weighted by molar-refractivity contribution is 0.00272. The van der Waals surface area contributed by atoms with Crippen molar-refractivity contribution < 1.29 is 4.74 Å². The summed E-state index contributed by atoms with van der Waals surface area (Å²) >= 11 is 0. The van der Waals surface area contributed by atoms with Gasteiger partial charge >= 0.3 is 0 Å². The standard InChI is InChI=1S/C20H34N4O.HI/c1-4-18(5-2)19(24-11-13-25-14-12-24)16-23-20(21-3)22-15-17-9-7-6-8-10-17;/h6-10,18-19H,4-5,11-16H2,1-3H3,(H2,21,22,23);1H. The van der Waals surface area contributed by atoms with Gasteiger partial charge in [-0.05, 0) is 11.5 Å².